The van der Waals surface area contributed by atoms with E-state index in [0.717, 1.165) is 30.2 Å². The monoisotopic (exact) mass is 312 g/mol. The number of carbonyl (C=O) groups excluding carboxylic acids is 1. The number of thioether (sulfide) groups is 1. The lowest BCUT2D eigenvalue weighted by Gasteiger charge is -2.07. The van der Waals surface area contributed by atoms with Gasteiger partial charge in [0.2, 0.25) is 5.91 Å². The van der Waals surface area contributed by atoms with Gasteiger partial charge in [-0.05, 0) is 18.1 Å². The number of aliphatic carboxylic acids is 1. The molecule has 114 valence electrons. The Labute approximate surface area is 125 Å². The van der Waals surface area contributed by atoms with Crippen LogP contribution in [0, 0.1) is 10.1 Å². The number of aryl methyl sites for hydroxylation is 1. The van der Waals surface area contributed by atoms with Crippen LogP contribution >= 0.6 is 11.8 Å². The van der Waals surface area contributed by atoms with Crippen LogP contribution in [0.25, 0.3) is 0 Å². The third-order valence-electron chi connectivity index (χ3n) is 2.53. The van der Waals surface area contributed by atoms with Crippen LogP contribution in [0.3, 0.4) is 0 Å². The van der Waals surface area contributed by atoms with Crippen molar-refractivity contribution >= 4 is 35.0 Å². The summed E-state index contributed by atoms with van der Waals surface area (Å²) in [5, 5.41) is 21.9. The standard InChI is InChI=1S/C13H16N2O5S/c1-2-3-9-4-5-10(11(6-9)15(19)20)14-12(16)7-21-8-13(17)18/h4-6H,2-3,7-8H2,1H3,(H,14,16)(H,17,18). The van der Waals surface area contributed by atoms with Crippen LogP contribution < -0.4 is 5.32 Å². The zero-order valence-electron chi connectivity index (χ0n) is 11.5. The summed E-state index contributed by atoms with van der Waals surface area (Å²) in [6.07, 6.45) is 1.60. The van der Waals surface area contributed by atoms with Gasteiger partial charge >= 0.3 is 5.97 Å². The smallest absolute Gasteiger partial charge is 0.313 e. The van der Waals surface area contributed by atoms with E-state index in [-0.39, 0.29) is 22.9 Å². The van der Waals surface area contributed by atoms with E-state index in [1.807, 2.05) is 6.92 Å². The molecule has 0 fully saturated rings. The lowest BCUT2D eigenvalue weighted by Crippen LogP contribution is -2.16. The highest BCUT2D eigenvalue weighted by atomic mass is 32.2. The molecule has 0 radical (unpaired) electrons. The number of nitro benzene ring substituents is 1. The maximum Gasteiger partial charge on any atom is 0.313 e. The molecule has 8 heteroatoms. The Morgan fingerprint density at radius 3 is 2.67 bits per heavy atom. The van der Waals surface area contributed by atoms with Crippen molar-refractivity contribution in [3.63, 3.8) is 0 Å². The molecule has 2 N–H and O–H groups in total. The minimum Gasteiger partial charge on any atom is -0.481 e. The van der Waals surface area contributed by atoms with Crippen molar-refractivity contribution in [3.8, 4) is 0 Å². The number of carbonyl (C=O) groups is 2. The van der Waals surface area contributed by atoms with Crippen molar-refractivity contribution in [3.05, 3.63) is 33.9 Å². The van der Waals surface area contributed by atoms with Gasteiger partial charge in [0.1, 0.15) is 5.69 Å². The number of rotatable bonds is 8. The highest BCUT2D eigenvalue weighted by Crippen LogP contribution is 2.26. The first-order chi connectivity index (χ1) is 9.93. The number of nitrogens with one attached hydrogen (secondary N) is 1. The van der Waals surface area contributed by atoms with Crippen molar-refractivity contribution in [2.45, 2.75) is 19.8 Å². The summed E-state index contributed by atoms with van der Waals surface area (Å²) in [6.45, 7) is 1.97. The van der Waals surface area contributed by atoms with Gasteiger partial charge in [-0.25, -0.2) is 0 Å². The Hall–Kier alpha value is -2.09. The third kappa shape index (κ3) is 5.82. The molecule has 0 saturated carbocycles. The SMILES string of the molecule is CCCc1ccc(NC(=O)CSCC(=O)O)c([N+](=O)[O-])c1. The number of hydrogen-bond donors (Lipinski definition) is 2. The Morgan fingerprint density at radius 2 is 2.10 bits per heavy atom. The maximum atomic E-state index is 11.6. The molecule has 0 aliphatic carbocycles. The van der Waals surface area contributed by atoms with E-state index in [4.69, 9.17) is 5.11 Å². The molecule has 0 atom stereocenters. The van der Waals surface area contributed by atoms with Crippen LogP contribution in [0.4, 0.5) is 11.4 Å². The normalized spacial score (nSPS) is 10.1. The van der Waals surface area contributed by atoms with Gasteiger partial charge in [0.15, 0.2) is 0 Å². The molecule has 0 aliphatic rings. The summed E-state index contributed by atoms with van der Waals surface area (Å²) in [5.74, 6) is -1.74. The van der Waals surface area contributed by atoms with Gasteiger partial charge in [0.25, 0.3) is 5.69 Å². The summed E-state index contributed by atoms with van der Waals surface area (Å²) in [7, 11) is 0. The van der Waals surface area contributed by atoms with E-state index in [1.54, 1.807) is 6.07 Å². The molecular weight excluding hydrogens is 296 g/mol. The predicted octanol–water partition coefficient (Wildman–Crippen LogP) is 2.30. The van der Waals surface area contributed by atoms with E-state index in [2.05, 4.69) is 5.32 Å². The van der Waals surface area contributed by atoms with Crippen molar-refractivity contribution in [1.82, 2.24) is 0 Å². The summed E-state index contributed by atoms with van der Waals surface area (Å²) in [6, 6.07) is 4.68. The molecule has 0 aliphatic heterocycles. The molecule has 7 nitrogen and oxygen atoms in total. The van der Waals surface area contributed by atoms with E-state index >= 15 is 0 Å². The maximum absolute atomic E-state index is 11.6. The van der Waals surface area contributed by atoms with Gasteiger partial charge in [-0.1, -0.05) is 19.4 Å². The topological polar surface area (TPSA) is 110 Å². The Bertz CT molecular complexity index is 547. The van der Waals surface area contributed by atoms with Gasteiger partial charge in [0.05, 0.1) is 16.4 Å². The number of amides is 1. The van der Waals surface area contributed by atoms with Crippen LogP contribution in [0.5, 0.6) is 0 Å². The van der Waals surface area contributed by atoms with Crippen molar-refractivity contribution in [2.75, 3.05) is 16.8 Å². The second-order valence-corrected chi connectivity index (χ2v) is 5.28. The summed E-state index contributed by atoms with van der Waals surface area (Å²) >= 11 is 0.933. The first kappa shape index (κ1) is 17.0. The van der Waals surface area contributed by atoms with Gasteiger partial charge in [-0.15, -0.1) is 11.8 Å². The highest BCUT2D eigenvalue weighted by molar-refractivity contribution is 8.00. The number of nitro groups is 1. The van der Waals surface area contributed by atoms with Crippen molar-refractivity contribution in [1.29, 1.82) is 0 Å². The van der Waals surface area contributed by atoms with Gasteiger partial charge < -0.3 is 10.4 Å². The fourth-order valence-corrected chi connectivity index (χ4v) is 2.23. The zero-order chi connectivity index (χ0) is 15.8. The minimum absolute atomic E-state index is 0.0693. The Balaban J connectivity index is 2.75. The molecular formula is C13H16N2O5S. The first-order valence-electron chi connectivity index (χ1n) is 6.30. The fourth-order valence-electron chi connectivity index (χ4n) is 1.70. The van der Waals surface area contributed by atoms with Gasteiger partial charge in [-0.2, -0.15) is 0 Å². The van der Waals surface area contributed by atoms with Crippen LogP contribution in [0.2, 0.25) is 0 Å². The van der Waals surface area contributed by atoms with E-state index in [9.17, 15) is 19.7 Å². The van der Waals surface area contributed by atoms with Crippen LogP contribution in [0.1, 0.15) is 18.9 Å². The predicted molar refractivity (Wildman–Crippen MR) is 80.7 cm³/mol. The van der Waals surface area contributed by atoms with E-state index < -0.39 is 16.8 Å². The number of anilines is 1. The average Bonchev–Trinajstić information content (AvgIpc) is 2.40. The molecule has 0 bridgehead atoms. The number of benzene rings is 1. The minimum atomic E-state index is -1.01. The molecule has 1 aromatic carbocycles. The van der Waals surface area contributed by atoms with Gasteiger partial charge in [0, 0.05) is 6.07 Å². The number of carboxylic acid groups (broad SMARTS) is 1. The molecule has 0 heterocycles. The summed E-state index contributed by atoms with van der Waals surface area (Å²) in [4.78, 5) is 32.5. The van der Waals surface area contributed by atoms with E-state index in [0.29, 0.717) is 0 Å². The largest absolute Gasteiger partial charge is 0.481 e. The lowest BCUT2D eigenvalue weighted by atomic mass is 10.1. The Kier molecular flexibility index (Phi) is 6.67. The second kappa shape index (κ2) is 8.25. The number of hydrogen-bond acceptors (Lipinski definition) is 5. The molecule has 21 heavy (non-hydrogen) atoms. The van der Waals surface area contributed by atoms with Gasteiger partial charge in [-0.3, -0.25) is 19.7 Å². The summed E-state index contributed by atoms with van der Waals surface area (Å²) in [5.41, 5.74) is 0.806. The molecule has 0 spiro atoms. The van der Waals surface area contributed by atoms with E-state index in [1.165, 1.54) is 12.1 Å². The molecule has 1 rings (SSSR count). The third-order valence-corrected chi connectivity index (χ3v) is 3.45. The molecule has 1 amide bonds. The lowest BCUT2D eigenvalue weighted by molar-refractivity contribution is -0.384. The number of nitrogens with zero attached hydrogens (tertiary/aromatic N) is 1. The summed E-state index contributed by atoms with van der Waals surface area (Å²) < 4.78 is 0. The average molecular weight is 312 g/mol. The van der Waals surface area contributed by atoms with Crippen LogP contribution in [-0.4, -0.2) is 33.4 Å². The fraction of sp³-hybridized carbons (Fsp3) is 0.385. The van der Waals surface area contributed by atoms with Crippen molar-refractivity contribution in [2.24, 2.45) is 0 Å². The number of carboxylic acids is 1. The highest BCUT2D eigenvalue weighted by Gasteiger charge is 2.16. The quantitative estimate of drug-likeness (QED) is 0.563. The Morgan fingerprint density at radius 1 is 1.38 bits per heavy atom. The van der Waals surface area contributed by atoms with Crippen LogP contribution in [-0.2, 0) is 16.0 Å². The van der Waals surface area contributed by atoms with Crippen LogP contribution in [0.15, 0.2) is 18.2 Å². The molecule has 1 aromatic rings. The first-order valence-corrected chi connectivity index (χ1v) is 7.46. The molecule has 0 aromatic heterocycles. The second-order valence-electron chi connectivity index (χ2n) is 4.29. The van der Waals surface area contributed by atoms with Crippen molar-refractivity contribution < 1.29 is 19.6 Å². The molecule has 0 saturated heterocycles. The zero-order valence-corrected chi connectivity index (χ0v) is 12.3. The molecule has 0 unspecified atom stereocenters.